The second-order valence-electron chi connectivity index (χ2n) is 13.4. The van der Waals surface area contributed by atoms with E-state index in [1.165, 1.54) is 71.1 Å². The minimum Gasteiger partial charge on any atom is -0.308 e. The molecule has 0 spiro atoms. The van der Waals surface area contributed by atoms with Crippen LogP contribution in [0.1, 0.15) is 34.9 Å². The smallest absolute Gasteiger partial charge is 0.137 e. The molecule has 4 heterocycles. The zero-order valence-corrected chi connectivity index (χ0v) is 26.9. The molecular weight excluding hydrogens is 611 g/mol. The average molecular weight is 638 g/mol. The van der Waals surface area contributed by atoms with Crippen molar-refractivity contribution in [2.24, 2.45) is 0 Å². The minimum absolute atomic E-state index is 0.0417. The Morgan fingerprint density at radius 1 is 0.700 bits per heavy atom. The van der Waals surface area contributed by atoms with E-state index in [9.17, 15) is 5.26 Å². The van der Waals surface area contributed by atoms with E-state index >= 15 is 0 Å². The van der Waals surface area contributed by atoms with E-state index in [0.29, 0.717) is 5.56 Å². The minimum atomic E-state index is -0.0417. The molecule has 232 valence electrons. The maximum absolute atomic E-state index is 9.69. The Hall–Kier alpha value is -6.64. The Morgan fingerprint density at radius 3 is 2.50 bits per heavy atom. The van der Waals surface area contributed by atoms with Crippen molar-refractivity contribution in [2.45, 2.75) is 18.8 Å². The van der Waals surface area contributed by atoms with Crippen LogP contribution in [-0.2, 0) is 6.42 Å². The molecule has 50 heavy (non-hydrogen) atoms. The third-order valence-electron chi connectivity index (χ3n) is 10.8. The first-order valence-electron chi connectivity index (χ1n) is 17.1. The molecule has 11 rings (SSSR count). The number of nitriles is 1. The van der Waals surface area contributed by atoms with Crippen LogP contribution < -0.4 is 0 Å². The van der Waals surface area contributed by atoms with Crippen LogP contribution in [-0.4, -0.2) is 19.4 Å². The average Bonchev–Trinajstić information content (AvgIpc) is 3.64. The van der Waals surface area contributed by atoms with Gasteiger partial charge in [-0.2, -0.15) is 5.26 Å². The fourth-order valence-electron chi connectivity index (χ4n) is 8.72. The Labute approximate surface area is 287 Å². The zero-order valence-electron chi connectivity index (χ0n) is 26.9. The molecule has 4 aromatic heterocycles. The standard InChI is InChI=1S/C45H27N5/c46-25-26-9-7-11-29(23-26)42-43-36(16-8-22-47-43)48-45(49-42)34-20-18-28-24-35-32-14-5-6-17-37(32)50-38-21-19-27-10-1-2-12-30(27)40(38)41(44(35)50)39(28)33-15-4-3-13-31(33)34/h1-17,19,21-24,34H,18,20H2/t34-/m1/s1. The number of fused-ring (bicyclic) bond motifs is 13. The van der Waals surface area contributed by atoms with E-state index in [4.69, 9.17) is 15.0 Å². The number of aromatic nitrogens is 4. The van der Waals surface area contributed by atoms with Gasteiger partial charge in [0.05, 0.1) is 33.7 Å². The molecule has 0 N–H and O–H groups in total. The summed E-state index contributed by atoms with van der Waals surface area (Å²) in [5.41, 5.74) is 12.7. The molecule has 0 amide bonds. The highest BCUT2D eigenvalue weighted by atomic mass is 14.9. The molecule has 0 saturated carbocycles. The van der Waals surface area contributed by atoms with Crippen molar-refractivity contribution in [1.29, 1.82) is 5.26 Å². The lowest BCUT2D eigenvalue weighted by Gasteiger charge is -2.19. The molecule has 0 unspecified atom stereocenters. The first-order chi connectivity index (χ1) is 24.8. The second-order valence-corrected chi connectivity index (χ2v) is 13.4. The van der Waals surface area contributed by atoms with E-state index < -0.39 is 0 Å². The summed E-state index contributed by atoms with van der Waals surface area (Å²) in [6.45, 7) is 0. The molecule has 1 atom stereocenters. The molecule has 1 aliphatic carbocycles. The van der Waals surface area contributed by atoms with Crippen molar-refractivity contribution in [3.05, 3.63) is 156 Å². The monoisotopic (exact) mass is 637 g/mol. The summed E-state index contributed by atoms with van der Waals surface area (Å²) in [5, 5.41) is 17.4. The van der Waals surface area contributed by atoms with Crippen molar-refractivity contribution in [1.82, 2.24) is 19.4 Å². The van der Waals surface area contributed by atoms with E-state index in [1.807, 2.05) is 36.4 Å². The van der Waals surface area contributed by atoms with Gasteiger partial charge < -0.3 is 4.40 Å². The van der Waals surface area contributed by atoms with Gasteiger partial charge in [-0.1, -0.05) is 84.9 Å². The number of nitrogens with zero attached hydrogens (tertiary/aromatic N) is 5. The Kier molecular flexibility index (Phi) is 5.56. The first-order valence-corrected chi connectivity index (χ1v) is 17.1. The van der Waals surface area contributed by atoms with Crippen molar-refractivity contribution in [2.75, 3.05) is 0 Å². The van der Waals surface area contributed by atoms with Gasteiger partial charge in [0, 0.05) is 39.2 Å². The van der Waals surface area contributed by atoms with Gasteiger partial charge in [0.1, 0.15) is 17.0 Å². The SMILES string of the molecule is N#Cc1cccc(-c2nc([C@@H]3CCc4cc5c6ccccc6n6c7ccc8ccccc8c7c(c4-c4ccccc43)c56)nc3cccnc23)c1. The van der Waals surface area contributed by atoms with Crippen LogP contribution in [0.3, 0.4) is 0 Å². The van der Waals surface area contributed by atoms with Crippen LogP contribution in [0, 0.1) is 11.3 Å². The van der Waals surface area contributed by atoms with Gasteiger partial charge in [-0.25, -0.2) is 9.97 Å². The van der Waals surface area contributed by atoms with Crippen molar-refractivity contribution in [3.63, 3.8) is 0 Å². The van der Waals surface area contributed by atoms with Crippen LogP contribution >= 0.6 is 0 Å². The molecule has 0 aliphatic heterocycles. The molecule has 6 aromatic carbocycles. The number of benzene rings is 6. The summed E-state index contributed by atoms with van der Waals surface area (Å²) in [7, 11) is 0. The fraction of sp³-hybridized carbons (Fsp3) is 0.0667. The molecule has 5 nitrogen and oxygen atoms in total. The first kappa shape index (κ1) is 27.3. The predicted octanol–water partition coefficient (Wildman–Crippen LogP) is 10.6. The van der Waals surface area contributed by atoms with Gasteiger partial charge >= 0.3 is 0 Å². The number of rotatable bonds is 2. The maximum Gasteiger partial charge on any atom is 0.137 e. The molecule has 5 heteroatoms. The van der Waals surface area contributed by atoms with Crippen LogP contribution in [0.5, 0.6) is 0 Å². The summed E-state index contributed by atoms with van der Waals surface area (Å²) < 4.78 is 2.49. The van der Waals surface area contributed by atoms with Crippen molar-refractivity contribution in [3.8, 4) is 28.5 Å². The van der Waals surface area contributed by atoms with E-state index in [2.05, 4.69) is 101 Å². The van der Waals surface area contributed by atoms with E-state index in [0.717, 1.165) is 41.0 Å². The Bertz CT molecular complexity index is 3070. The molecule has 10 aromatic rings. The molecule has 0 saturated heterocycles. The highest BCUT2D eigenvalue weighted by Gasteiger charge is 2.31. The molecule has 0 radical (unpaired) electrons. The van der Waals surface area contributed by atoms with Crippen LogP contribution in [0.25, 0.3) is 82.3 Å². The van der Waals surface area contributed by atoms with Crippen LogP contribution in [0.2, 0.25) is 0 Å². The van der Waals surface area contributed by atoms with Gasteiger partial charge in [-0.15, -0.1) is 0 Å². The molecule has 0 fully saturated rings. The summed E-state index contributed by atoms with van der Waals surface area (Å²) >= 11 is 0. The van der Waals surface area contributed by atoms with E-state index in [-0.39, 0.29) is 5.92 Å². The van der Waals surface area contributed by atoms with Gasteiger partial charge in [-0.3, -0.25) is 4.98 Å². The predicted molar refractivity (Wildman–Crippen MR) is 202 cm³/mol. The maximum atomic E-state index is 9.69. The lowest BCUT2D eigenvalue weighted by Crippen LogP contribution is -2.09. The quantitative estimate of drug-likeness (QED) is 0.189. The molecule has 0 bridgehead atoms. The Morgan fingerprint density at radius 2 is 1.56 bits per heavy atom. The zero-order chi connectivity index (χ0) is 32.9. The molecule has 1 aliphatic rings. The third-order valence-corrected chi connectivity index (χ3v) is 10.8. The van der Waals surface area contributed by atoms with Gasteiger partial charge in [-0.05, 0) is 88.3 Å². The van der Waals surface area contributed by atoms with Gasteiger partial charge in [0.15, 0.2) is 0 Å². The van der Waals surface area contributed by atoms with Crippen LogP contribution in [0.15, 0.2) is 134 Å². The highest BCUT2D eigenvalue weighted by Crippen LogP contribution is 2.51. The summed E-state index contributed by atoms with van der Waals surface area (Å²) in [4.78, 5) is 15.2. The summed E-state index contributed by atoms with van der Waals surface area (Å²) in [6, 6.07) is 47.4. The lowest BCUT2D eigenvalue weighted by atomic mass is 9.88. The van der Waals surface area contributed by atoms with Crippen LogP contribution in [0.4, 0.5) is 0 Å². The largest absolute Gasteiger partial charge is 0.308 e. The number of para-hydroxylation sites is 1. The lowest BCUT2D eigenvalue weighted by molar-refractivity contribution is 0.685. The number of pyridine rings is 1. The second kappa shape index (κ2) is 10.2. The van der Waals surface area contributed by atoms with Gasteiger partial charge in [0.25, 0.3) is 0 Å². The highest BCUT2D eigenvalue weighted by molar-refractivity contribution is 6.32. The van der Waals surface area contributed by atoms with Crippen molar-refractivity contribution >= 4 is 59.9 Å². The fourth-order valence-corrected chi connectivity index (χ4v) is 8.72. The Balaban J connectivity index is 1.23. The van der Waals surface area contributed by atoms with Crippen molar-refractivity contribution < 1.29 is 0 Å². The van der Waals surface area contributed by atoms with E-state index in [1.54, 1.807) is 6.20 Å². The van der Waals surface area contributed by atoms with Gasteiger partial charge in [0.2, 0.25) is 0 Å². The third kappa shape index (κ3) is 3.68. The normalized spacial score (nSPS) is 14.4. The number of hydrogen-bond acceptors (Lipinski definition) is 4. The summed E-state index contributed by atoms with van der Waals surface area (Å²) in [6.07, 6.45) is 3.52. The summed E-state index contributed by atoms with van der Waals surface area (Å²) in [5.74, 6) is 0.741. The topological polar surface area (TPSA) is 66.9 Å². The number of hydrogen-bond donors (Lipinski definition) is 0. The molecular formula is C45H27N5. The number of aryl methyl sites for hydroxylation is 1.